The molecule has 0 bridgehead atoms. The largest absolute Gasteiger partial charge is 0.306 e. The van der Waals surface area contributed by atoms with Gasteiger partial charge in [0, 0.05) is 22.6 Å². The summed E-state index contributed by atoms with van der Waals surface area (Å²) in [5.41, 5.74) is 2.72. The molecule has 20 heavy (non-hydrogen) atoms. The van der Waals surface area contributed by atoms with Gasteiger partial charge in [-0.2, -0.15) is 5.26 Å². The quantitative estimate of drug-likeness (QED) is 0.887. The molecule has 0 fully saturated rings. The van der Waals surface area contributed by atoms with Crippen molar-refractivity contribution < 1.29 is 0 Å². The highest BCUT2D eigenvalue weighted by molar-refractivity contribution is 6.31. The highest BCUT2D eigenvalue weighted by atomic mass is 35.5. The van der Waals surface area contributed by atoms with Crippen LogP contribution >= 0.6 is 23.2 Å². The second kappa shape index (κ2) is 6.76. The molecule has 0 radical (unpaired) electrons. The van der Waals surface area contributed by atoms with Crippen molar-refractivity contribution in [1.82, 2.24) is 5.32 Å². The molecule has 2 aromatic rings. The average Bonchev–Trinajstić information content (AvgIpc) is 2.46. The zero-order valence-corrected chi connectivity index (χ0v) is 12.5. The molecule has 0 saturated carbocycles. The summed E-state index contributed by atoms with van der Waals surface area (Å²) >= 11 is 12.0. The predicted octanol–water partition coefficient (Wildman–Crippen LogP) is 4.72. The van der Waals surface area contributed by atoms with E-state index in [9.17, 15) is 0 Å². The van der Waals surface area contributed by atoms with Crippen LogP contribution in [-0.2, 0) is 6.54 Å². The fraction of sp³-hybridized carbons (Fsp3) is 0.188. The zero-order chi connectivity index (χ0) is 14.5. The van der Waals surface area contributed by atoms with Crippen LogP contribution in [0.25, 0.3) is 0 Å². The van der Waals surface area contributed by atoms with Gasteiger partial charge in [-0.15, -0.1) is 0 Å². The third kappa shape index (κ3) is 3.74. The molecule has 0 aliphatic heterocycles. The van der Waals surface area contributed by atoms with Crippen molar-refractivity contribution in [3.8, 4) is 6.07 Å². The second-order valence-corrected chi connectivity index (χ2v) is 5.42. The Labute approximate surface area is 128 Å². The molecule has 2 aromatic carbocycles. The lowest BCUT2D eigenvalue weighted by molar-refractivity contribution is 0.575. The maximum absolute atomic E-state index is 8.81. The first kappa shape index (κ1) is 14.9. The van der Waals surface area contributed by atoms with Gasteiger partial charge in [0.2, 0.25) is 0 Å². The van der Waals surface area contributed by atoms with Crippen molar-refractivity contribution in [3.63, 3.8) is 0 Å². The predicted molar refractivity (Wildman–Crippen MR) is 82.9 cm³/mol. The Kier molecular flexibility index (Phi) is 5.03. The van der Waals surface area contributed by atoms with Crippen molar-refractivity contribution in [2.24, 2.45) is 0 Å². The number of hydrogen-bond acceptors (Lipinski definition) is 2. The fourth-order valence-corrected chi connectivity index (χ4v) is 2.27. The van der Waals surface area contributed by atoms with Crippen LogP contribution < -0.4 is 5.32 Å². The lowest BCUT2D eigenvalue weighted by Gasteiger charge is -2.15. The molecule has 1 unspecified atom stereocenters. The minimum absolute atomic E-state index is 0.193. The molecule has 0 saturated heterocycles. The van der Waals surface area contributed by atoms with Crippen LogP contribution in [0.4, 0.5) is 0 Å². The molecule has 0 aliphatic carbocycles. The highest BCUT2D eigenvalue weighted by Crippen LogP contribution is 2.20. The van der Waals surface area contributed by atoms with Crippen LogP contribution in [0.3, 0.4) is 0 Å². The summed E-state index contributed by atoms with van der Waals surface area (Å²) in [4.78, 5) is 0. The first-order valence-corrected chi connectivity index (χ1v) is 7.03. The van der Waals surface area contributed by atoms with E-state index >= 15 is 0 Å². The van der Waals surface area contributed by atoms with Gasteiger partial charge in [-0.05, 0) is 42.3 Å². The first-order chi connectivity index (χ1) is 9.60. The summed E-state index contributed by atoms with van der Waals surface area (Å²) in [6.45, 7) is 2.73. The van der Waals surface area contributed by atoms with Crippen molar-refractivity contribution in [2.45, 2.75) is 19.5 Å². The van der Waals surface area contributed by atoms with Gasteiger partial charge in [0.25, 0.3) is 0 Å². The second-order valence-electron chi connectivity index (χ2n) is 4.57. The van der Waals surface area contributed by atoms with Gasteiger partial charge in [-0.1, -0.05) is 41.4 Å². The van der Waals surface area contributed by atoms with Crippen LogP contribution in [0.15, 0.2) is 42.5 Å². The topological polar surface area (TPSA) is 35.8 Å². The third-order valence-electron chi connectivity index (χ3n) is 3.15. The van der Waals surface area contributed by atoms with Crippen LogP contribution in [0.5, 0.6) is 0 Å². The van der Waals surface area contributed by atoms with Gasteiger partial charge in [0.1, 0.15) is 0 Å². The molecule has 4 heteroatoms. The number of hydrogen-bond donors (Lipinski definition) is 1. The molecule has 2 nitrogen and oxygen atoms in total. The van der Waals surface area contributed by atoms with E-state index in [0.717, 1.165) is 10.6 Å². The van der Waals surface area contributed by atoms with E-state index in [2.05, 4.69) is 18.3 Å². The minimum atomic E-state index is 0.193. The van der Waals surface area contributed by atoms with Crippen LogP contribution in [0.1, 0.15) is 29.7 Å². The number of benzene rings is 2. The van der Waals surface area contributed by atoms with Crippen LogP contribution in [0, 0.1) is 11.3 Å². The van der Waals surface area contributed by atoms with Gasteiger partial charge in [-0.3, -0.25) is 0 Å². The fourth-order valence-electron chi connectivity index (χ4n) is 1.89. The Bertz CT molecular complexity index is 630. The maximum Gasteiger partial charge on any atom is 0.0992 e. The minimum Gasteiger partial charge on any atom is -0.306 e. The Morgan fingerprint density at radius 1 is 1.15 bits per heavy atom. The molecule has 0 spiro atoms. The van der Waals surface area contributed by atoms with E-state index in [4.69, 9.17) is 28.5 Å². The average molecular weight is 305 g/mol. The summed E-state index contributed by atoms with van der Waals surface area (Å²) in [5, 5.41) is 13.6. The zero-order valence-electron chi connectivity index (χ0n) is 11.0. The molecule has 0 aliphatic rings. The van der Waals surface area contributed by atoms with E-state index < -0.39 is 0 Å². The molecule has 0 aromatic heterocycles. The smallest absolute Gasteiger partial charge is 0.0992 e. The number of halogens is 2. The van der Waals surface area contributed by atoms with E-state index in [1.807, 2.05) is 30.3 Å². The van der Waals surface area contributed by atoms with Crippen LogP contribution in [0.2, 0.25) is 10.0 Å². The molecular formula is C16H14Cl2N2. The lowest BCUT2D eigenvalue weighted by atomic mass is 10.1. The van der Waals surface area contributed by atoms with E-state index in [1.165, 1.54) is 5.56 Å². The molecule has 102 valence electrons. The van der Waals surface area contributed by atoms with Crippen molar-refractivity contribution >= 4 is 23.2 Å². The third-order valence-corrected chi connectivity index (χ3v) is 3.75. The molecule has 2 rings (SSSR count). The number of nitrogens with zero attached hydrogens (tertiary/aromatic N) is 1. The molecule has 1 atom stereocenters. The number of nitriles is 1. The highest BCUT2D eigenvalue weighted by Gasteiger charge is 2.07. The van der Waals surface area contributed by atoms with E-state index in [-0.39, 0.29) is 6.04 Å². The van der Waals surface area contributed by atoms with Crippen molar-refractivity contribution in [1.29, 1.82) is 5.26 Å². The Morgan fingerprint density at radius 2 is 1.85 bits per heavy atom. The first-order valence-electron chi connectivity index (χ1n) is 6.27. The monoisotopic (exact) mass is 304 g/mol. The number of nitrogens with one attached hydrogen (secondary N) is 1. The normalized spacial score (nSPS) is 11.9. The van der Waals surface area contributed by atoms with E-state index in [0.29, 0.717) is 17.1 Å². The van der Waals surface area contributed by atoms with Crippen LogP contribution in [-0.4, -0.2) is 0 Å². The molecule has 0 heterocycles. The van der Waals surface area contributed by atoms with Gasteiger partial charge < -0.3 is 5.32 Å². The maximum atomic E-state index is 8.81. The standard InChI is InChI=1S/C16H14Cl2N2/c1-11(13-4-6-15(17)7-5-13)20-10-14-3-2-12(9-19)8-16(14)18/h2-8,11,20H,10H2,1H3. The SMILES string of the molecule is CC(NCc1ccc(C#N)cc1Cl)c1ccc(Cl)cc1. The van der Waals surface area contributed by atoms with Gasteiger partial charge in [0.15, 0.2) is 0 Å². The Morgan fingerprint density at radius 3 is 2.45 bits per heavy atom. The van der Waals surface area contributed by atoms with E-state index in [1.54, 1.807) is 12.1 Å². The summed E-state index contributed by atoms with van der Waals surface area (Å²) in [5.74, 6) is 0. The van der Waals surface area contributed by atoms with Crippen molar-refractivity contribution in [2.75, 3.05) is 0 Å². The summed E-state index contributed by atoms with van der Waals surface area (Å²) in [6.07, 6.45) is 0. The Hall–Kier alpha value is -1.53. The Balaban J connectivity index is 2.01. The van der Waals surface area contributed by atoms with Gasteiger partial charge >= 0.3 is 0 Å². The summed E-state index contributed by atoms with van der Waals surface area (Å²) < 4.78 is 0. The summed E-state index contributed by atoms with van der Waals surface area (Å²) in [6, 6.07) is 15.4. The number of rotatable bonds is 4. The van der Waals surface area contributed by atoms with Gasteiger partial charge in [-0.25, -0.2) is 0 Å². The molecule has 1 N–H and O–H groups in total. The van der Waals surface area contributed by atoms with Gasteiger partial charge in [0.05, 0.1) is 11.6 Å². The summed E-state index contributed by atoms with van der Waals surface area (Å²) in [7, 11) is 0. The molecular weight excluding hydrogens is 291 g/mol. The molecule has 0 amide bonds. The lowest BCUT2D eigenvalue weighted by Crippen LogP contribution is -2.18. The van der Waals surface area contributed by atoms with Crippen molar-refractivity contribution in [3.05, 3.63) is 69.2 Å².